The van der Waals surface area contributed by atoms with E-state index in [1.165, 1.54) is 25.4 Å². The maximum atomic E-state index is 14.3. The number of aliphatic hydroxyl groups is 2. The van der Waals surface area contributed by atoms with E-state index in [1.807, 2.05) is 0 Å². The van der Waals surface area contributed by atoms with Crippen LogP contribution in [0.5, 0.6) is 5.88 Å². The van der Waals surface area contributed by atoms with Gasteiger partial charge in [-0.1, -0.05) is 6.07 Å². The van der Waals surface area contributed by atoms with Crippen LogP contribution >= 0.6 is 0 Å². The van der Waals surface area contributed by atoms with Gasteiger partial charge in [0.25, 0.3) is 5.88 Å². The number of hydrogen-bond donors (Lipinski definition) is 5. The fraction of sp³-hybridized carbons (Fsp3) is 0.348. The first-order valence-electron chi connectivity index (χ1n) is 11.1. The molecule has 0 aliphatic carbocycles. The number of amidine groups is 1. The van der Waals surface area contributed by atoms with Crippen molar-refractivity contribution in [1.29, 1.82) is 0 Å². The quantitative estimate of drug-likeness (QED) is 0.219. The molecule has 1 aliphatic heterocycles. The number of nitrogens with two attached hydrogens (primary N) is 2. The molecule has 3 aromatic rings. The third kappa shape index (κ3) is 5.32. The van der Waals surface area contributed by atoms with Gasteiger partial charge in [0, 0.05) is 18.4 Å². The van der Waals surface area contributed by atoms with Crippen LogP contribution < -0.4 is 21.7 Å². The summed E-state index contributed by atoms with van der Waals surface area (Å²) in [6.07, 6.45) is 1.11. The Balaban J connectivity index is 1.74. The molecule has 0 radical (unpaired) electrons. The summed E-state index contributed by atoms with van der Waals surface area (Å²) < 4.78 is 19.5. The molecular formula is C23H27FN8O4. The lowest BCUT2D eigenvalue weighted by Crippen LogP contribution is -2.33. The molecule has 2 aromatic heterocycles. The van der Waals surface area contributed by atoms with Crippen molar-refractivity contribution in [3.63, 3.8) is 0 Å². The van der Waals surface area contributed by atoms with Crippen molar-refractivity contribution in [3.8, 4) is 17.1 Å². The molecule has 1 aliphatic rings. The lowest BCUT2D eigenvalue weighted by atomic mass is 9.91. The van der Waals surface area contributed by atoms with Gasteiger partial charge in [0.1, 0.15) is 5.82 Å². The van der Waals surface area contributed by atoms with Gasteiger partial charge in [-0.3, -0.25) is 9.83 Å². The first kappa shape index (κ1) is 25.2. The molecule has 0 saturated carbocycles. The molecule has 0 bridgehead atoms. The Bertz CT molecular complexity index is 1290. The van der Waals surface area contributed by atoms with E-state index in [0.29, 0.717) is 46.0 Å². The van der Waals surface area contributed by atoms with E-state index in [2.05, 4.69) is 25.4 Å². The molecule has 0 saturated heterocycles. The minimum absolute atomic E-state index is 0.109. The number of hydroxylamine groups is 1. The van der Waals surface area contributed by atoms with Crippen LogP contribution in [0.2, 0.25) is 0 Å². The summed E-state index contributed by atoms with van der Waals surface area (Å²) in [5.41, 5.74) is 17.9. The Labute approximate surface area is 206 Å². The third-order valence-electron chi connectivity index (χ3n) is 5.63. The highest BCUT2D eigenvalue weighted by Gasteiger charge is 2.29. The van der Waals surface area contributed by atoms with Crippen molar-refractivity contribution in [2.24, 2.45) is 4.99 Å². The van der Waals surface area contributed by atoms with Gasteiger partial charge >= 0.3 is 0 Å². The van der Waals surface area contributed by atoms with E-state index in [4.69, 9.17) is 31.1 Å². The number of hydrogen-bond acceptors (Lipinski definition) is 12. The predicted octanol–water partition coefficient (Wildman–Crippen LogP) is 0.863. The van der Waals surface area contributed by atoms with E-state index >= 15 is 0 Å². The zero-order valence-electron chi connectivity index (χ0n) is 19.8. The topological polar surface area (TPSA) is 187 Å². The molecule has 7 N–H and O–H groups in total. The predicted molar refractivity (Wildman–Crippen MR) is 129 cm³/mol. The molecule has 4 rings (SSSR count). The number of methoxy groups -OCH3 is 1. The molecule has 12 nitrogen and oxygen atoms in total. The number of nitrogens with one attached hydrogen (secondary N) is 1. The van der Waals surface area contributed by atoms with Crippen molar-refractivity contribution in [3.05, 3.63) is 52.7 Å². The number of aromatic nitrogens is 4. The molecule has 0 spiro atoms. The van der Waals surface area contributed by atoms with Gasteiger partial charge in [-0.05, 0) is 24.6 Å². The van der Waals surface area contributed by atoms with Crippen molar-refractivity contribution < 1.29 is 24.2 Å². The smallest absolute Gasteiger partial charge is 0.257 e. The average molecular weight is 499 g/mol. The minimum Gasteiger partial charge on any atom is -0.478 e. The highest BCUT2D eigenvalue weighted by molar-refractivity contribution is 6.01. The molecule has 190 valence electrons. The average Bonchev–Trinajstić information content (AvgIpc) is 2.86. The van der Waals surface area contributed by atoms with Gasteiger partial charge in [-0.15, -0.1) is 0 Å². The number of rotatable bonds is 8. The number of fused-ring (bicyclic) bond motifs is 1. The summed E-state index contributed by atoms with van der Waals surface area (Å²) >= 11 is 0. The van der Waals surface area contributed by atoms with Crippen LogP contribution in [0.15, 0.2) is 29.4 Å². The fourth-order valence-electron chi connectivity index (χ4n) is 3.93. The summed E-state index contributed by atoms with van der Waals surface area (Å²) in [7, 11) is 1.42. The number of aliphatic hydroxyl groups excluding tert-OH is 2. The first-order chi connectivity index (χ1) is 17.3. The fourth-order valence-corrected chi connectivity index (χ4v) is 3.93. The van der Waals surface area contributed by atoms with Gasteiger partial charge in [0.2, 0.25) is 5.95 Å². The molecule has 0 fully saturated rings. The van der Waals surface area contributed by atoms with Gasteiger partial charge in [-0.25, -0.2) is 29.8 Å². The lowest BCUT2D eigenvalue weighted by Gasteiger charge is -2.26. The Morgan fingerprint density at radius 1 is 1.25 bits per heavy atom. The third-order valence-corrected chi connectivity index (χ3v) is 5.63. The van der Waals surface area contributed by atoms with Gasteiger partial charge in [0.15, 0.2) is 11.7 Å². The highest BCUT2D eigenvalue weighted by atomic mass is 19.1. The van der Waals surface area contributed by atoms with Crippen LogP contribution in [-0.4, -0.2) is 62.4 Å². The Kier molecular flexibility index (Phi) is 7.52. The van der Waals surface area contributed by atoms with Crippen LogP contribution in [0.25, 0.3) is 11.3 Å². The molecule has 13 heteroatoms. The van der Waals surface area contributed by atoms with Gasteiger partial charge in [0.05, 0.1) is 61.3 Å². The molecular weight excluding hydrogens is 471 g/mol. The Morgan fingerprint density at radius 2 is 2.06 bits per heavy atom. The number of nitrogen functional groups attached to an aromatic ring is 2. The number of benzene rings is 1. The molecule has 0 amide bonds. The maximum Gasteiger partial charge on any atom is 0.257 e. The second-order valence-electron chi connectivity index (χ2n) is 8.14. The molecule has 1 unspecified atom stereocenters. The molecule has 1 aromatic carbocycles. The van der Waals surface area contributed by atoms with E-state index in [1.54, 1.807) is 13.0 Å². The number of ether oxygens (including phenoxy) is 1. The number of anilines is 2. The SMILES string of the molecule is COc1nc(-c2cc(F)ccc2[C@H]2Cc3nc(N)nc(C)c3C(NOCCC(O)CO)=N2)cnc1N. The lowest BCUT2D eigenvalue weighted by molar-refractivity contribution is 0.0287. The first-order valence-corrected chi connectivity index (χ1v) is 11.1. The van der Waals surface area contributed by atoms with E-state index < -0.39 is 18.0 Å². The maximum absolute atomic E-state index is 14.3. The molecule has 2 atom stereocenters. The zero-order chi connectivity index (χ0) is 25.8. The summed E-state index contributed by atoms with van der Waals surface area (Å²) in [5, 5.41) is 18.5. The van der Waals surface area contributed by atoms with Gasteiger partial charge in [-0.2, -0.15) is 0 Å². The normalized spacial score (nSPS) is 15.7. The van der Waals surface area contributed by atoms with Crippen molar-refractivity contribution >= 4 is 17.6 Å². The van der Waals surface area contributed by atoms with Crippen LogP contribution in [0, 0.1) is 12.7 Å². The monoisotopic (exact) mass is 498 g/mol. The molecule has 3 heterocycles. The minimum atomic E-state index is -0.898. The second-order valence-corrected chi connectivity index (χ2v) is 8.14. The summed E-state index contributed by atoms with van der Waals surface area (Å²) in [6, 6.07) is 3.80. The van der Waals surface area contributed by atoms with Crippen LogP contribution in [0.1, 0.15) is 35.0 Å². The van der Waals surface area contributed by atoms with Crippen LogP contribution in [-0.2, 0) is 11.3 Å². The highest BCUT2D eigenvalue weighted by Crippen LogP contribution is 2.36. The van der Waals surface area contributed by atoms with E-state index in [0.717, 1.165) is 0 Å². The van der Waals surface area contributed by atoms with Crippen molar-refractivity contribution in [1.82, 2.24) is 25.4 Å². The Hall–Kier alpha value is -3.94. The number of aryl methyl sites for hydroxylation is 1. The van der Waals surface area contributed by atoms with Gasteiger partial charge < -0.3 is 26.4 Å². The molecule has 36 heavy (non-hydrogen) atoms. The van der Waals surface area contributed by atoms with E-state index in [-0.39, 0.29) is 37.3 Å². The summed E-state index contributed by atoms with van der Waals surface area (Å²) in [6.45, 7) is 1.52. The van der Waals surface area contributed by atoms with Crippen molar-refractivity contribution in [2.75, 3.05) is 31.8 Å². The number of nitrogens with zero attached hydrogens (tertiary/aromatic N) is 5. The summed E-state index contributed by atoms with van der Waals surface area (Å²) in [5.74, 6) is 0.247. The van der Waals surface area contributed by atoms with Crippen LogP contribution in [0.3, 0.4) is 0 Å². The zero-order valence-corrected chi connectivity index (χ0v) is 19.8. The van der Waals surface area contributed by atoms with E-state index in [9.17, 15) is 9.50 Å². The number of aliphatic imine (C=N–C) groups is 1. The largest absolute Gasteiger partial charge is 0.478 e. The van der Waals surface area contributed by atoms with Crippen molar-refractivity contribution in [2.45, 2.75) is 31.9 Å². The summed E-state index contributed by atoms with van der Waals surface area (Å²) in [4.78, 5) is 27.4. The number of halogens is 1. The standard InChI is InChI=1S/C23H27FN8O4/c1-11-19-17(31-23(26)28-11)8-16(29-21(19)32-36-6-5-13(34)10-33)14-4-3-12(24)7-15(14)18-9-27-20(25)22(30-18)35-2/h3-4,7,9,13,16,33-34H,5-6,8,10H2,1-2H3,(H2,25,27)(H,29,32)(H2,26,28,31)/t13?,16-/m1/s1. The van der Waals surface area contributed by atoms with Crippen LogP contribution in [0.4, 0.5) is 16.2 Å². The second kappa shape index (κ2) is 10.8. The Morgan fingerprint density at radius 3 is 2.81 bits per heavy atom.